The van der Waals surface area contributed by atoms with Crippen molar-refractivity contribution in [3.8, 4) is 0 Å². The molecule has 1 saturated heterocycles. The Morgan fingerprint density at radius 2 is 2.18 bits per heavy atom. The molecular weight excluding hydrogens is 290 g/mol. The molecule has 1 fully saturated rings. The lowest BCUT2D eigenvalue weighted by atomic mass is 10.00. The summed E-state index contributed by atoms with van der Waals surface area (Å²) in [5.74, 6) is -1.82. The van der Waals surface area contributed by atoms with Crippen LogP contribution in [-0.4, -0.2) is 35.2 Å². The van der Waals surface area contributed by atoms with Gasteiger partial charge in [0.25, 0.3) is 0 Å². The number of piperidine rings is 1. The molecular formula is C16H22F2N2O2. The van der Waals surface area contributed by atoms with Crippen molar-refractivity contribution in [1.29, 1.82) is 0 Å². The lowest BCUT2D eigenvalue weighted by molar-refractivity contribution is 0.130. The summed E-state index contributed by atoms with van der Waals surface area (Å²) in [6.07, 6.45) is 3.43. The van der Waals surface area contributed by atoms with Gasteiger partial charge in [0.2, 0.25) is 0 Å². The number of likely N-dealkylation sites (tertiary alicyclic amines) is 1. The monoisotopic (exact) mass is 312 g/mol. The van der Waals surface area contributed by atoms with E-state index in [1.807, 2.05) is 0 Å². The number of nitrogens with zero attached hydrogens (tertiary/aromatic N) is 1. The third-order valence-corrected chi connectivity index (χ3v) is 4.13. The molecule has 1 aromatic rings. The van der Waals surface area contributed by atoms with Gasteiger partial charge in [0, 0.05) is 19.2 Å². The molecule has 1 aliphatic rings. The lowest BCUT2D eigenvalue weighted by Crippen LogP contribution is -2.49. The Morgan fingerprint density at radius 1 is 1.41 bits per heavy atom. The average Bonchev–Trinajstić information content (AvgIpc) is 2.50. The van der Waals surface area contributed by atoms with E-state index < -0.39 is 17.7 Å². The van der Waals surface area contributed by atoms with Gasteiger partial charge in [0.1, 0.15) is 0 Å². The molecule has 2 rings (SSSR count). The van der Waals surface area contributed by atoms with Gasteiger partial charge < -0.3 is 15.3 Å². The minimum Gasteiger partial charge on any atom is -0.396 e. The predicted molar refractivity (Wildman–Crippen MR) is 79.4 cm³/mol. The fourth-order valence-electron chi connectivity index (χ4n) is 2.85. The fourth-order valence-corrected chi connectivity index (χ4v) is 2.85. The summed E-state index contributed by atoms with van der Waals surface area (Å²) in [6, 6.07) is 3.01. The molecule has 2 N–H and O–H groups in total. The van der Waals surface area contributed by atoms with Crippen molar-refractivity contribution in [2.24, 2.45) is 0 Å². The molecule has 122 valence electrons. The highest BCUT2D eigenvalue weighted by Crippen LogP contribution is 2.21. The second-order valence-electron chi connectivity index (χ2n) is 5.70. The molecule has 0 radical (unpaired) electrons. The molecule has 1 heterocycles. The van der Waals surface area contributed by atoms with Gasteiger partial charge in [-0.3, -0.25) is 0 Å². The first kappa shape index (κ1) is 16.7. The Morgan fingerprint density at radius 3 is 2.86 bits per heavy atom. The van der Waals surface area contributed by atoms with E-state index in [1.54, 1.807) is 11.8 Å². The van der Waals surface area contributed by atoms with Crippen molar-refractivity contribution in [1.82, 2.24) is 10.2 Å². The number of benzene rings is 1. The van der Waals surface area contributed by atoms with Gasteiger partial charge in [-0.1, -0.05) is 6.07 Å². The van der Waals surface area contributed by atoms with E-state index in [1.165, 1.54) is 6.07 Å². The number of urea groups is 1. The molecule has 0 unspecified atom stereocenters. The highest BCUT2D eigenvalue weighted by molar-refractivity contribution is 5.75. The molecule has 2 atom stereocenters. The third-order valence-electron chi connectivity index (χ3n) is 4.13. The smallest absolute Gasteiger partial charge is 0.318 e. The maximum atomic E-state index is 13.3. The summed E-state index contributed by atoms with van der Waals surface area (Å²) in [4.78, 5) is 14.1. The van der Waals surface area contributed by atoms with Crippen molar-refractivity contribution in [3.63, 3.8) is 0 Å². The van der Waals surface area contributed by atoms with Crippen LogP contribution in [-0.2, 0) is 0 Å². The van der Waals surface area contributed by atoms with Crippen LogP contribution in [0.25, 0.3) is 0 Å². The van der Waals surface area contributed by atoms with Crippen molar-refractivity contribution >= 4 is 6.03 Å². The Labute approximate surface area is 129 Å². The summed E-state index contributed by atoms with van der Waals surface area (Å²) < 4.78 is 26.2. The molecule has 0 aliphatic carbocycles. The maximum absolute atomic E-state index is 13.3. The minimum atomic E-state index is -0.922. The van der Waals surface area contributed by atoms with Crippen LogP contribution < -0.4 is 5.32 Å². The second-order valence-corrected chi connectivity index (χ2v) is 5.70. The highest BCUT2D eigenvalue weighted by atomic mass is 19.2. The first-order valence-electron chi connectivity index (χ1n) is 7.66. The number of aliphatic hydroxyl groups excluding tert-OH is 1. The Hall–Kier alpha value is -1.69. The van der Waals surface area contributed by atoms with Crippen molar-refractivity contribution in [3.05, 3.63) is 35.4 Å². The Kier molecular flexibility index (Phi) is 5.71. The highest BCUT2D eigenvalue weighted by Gasteiger charge is 2.27. The molecule has 2 amide bonds. The SMILES string of the molecule is C[C@H](NC(=O)N1CCCC[C@H]1CCO)c1ccc(F)c(F)c1. The molecule has 22 heavy (non-hydrogen) atoms. The molecule has 0 spiro atoms. The molecule has 1 aromatic carbocycles. The van der Waals surface area contributed by atoms with Crippen LogP contribution in [0.4, 0.5) is 13.6 Å². The van der Waals surface area contributed by atoms with E-state index in [0.717, 1.165) is 31.4 Å². The van der Waals surface area contributed by atoms with Crippen LogP contribution in [0.3, 0.4) is 0 Å². The third kappa shape index (κ3) is 3.94. The van der Waals surface area contributed by atoms with Crippen LogP contribution in [0.15, 0.2) is 18.2 Å². The molecule has 4 nitrogen and oxygen atoms in total. The van der Waals surface area contributed by atoms with E-state index in [4.69, 9.17) is 5.11 Å². The number of hydrogen-bond donors (Lipinski definition) is 2. The van der Waals surface area contributed by atoms with Crippen LogP contribution >= 0.6 is 0 Å². The van der Waals surface area contributed by atoms with E-state index in [9.17, 15) is 13.6 Å². The van der Waals surface area contributed by atoms with Crippen LogP contribution in [0.5, 0.6) is 0 Å². The van der Waals surface area contributed by atoms with Crippen molar-refractivity contribution in [2.75, 3.05) is 13.2 Å². The summed E-state index contributed by atoms with van der Waals surface area (Å²) in [7, 11) is 0. The molecule has 0 saturated carbocycles. The van der Waals surface area contributed by atoms with Gasteiger partial charge in [-0.05, 0) is 50.3 Å². The zero-order valence-electron chi connectivity index (χ0n) is 12.7. The quantitative estimate of drug-likeness (QED) is 0.898. The Balaban J connectivity index is 2.01. The largest absolute Gasteiger partial charge is 0.396 e. The summed E-state index contributed by atoms with van der Waals surface area (Å²) in [6.45, 7) is 2.43. The van der Waals surface area contributed by atoms with Gasteiger partial charge in [0.05, 0.1) is 6.04 Å². The van der Waals surface area contributed by atoms with Crippen LogP contribution in [0.2, 0.25) is 0 Å². The molecule has 6 heteroatoms. The number of nitrogens with one attached hydrogen (secondary N) is 1. The summed E-state index contributed by atoms with van der Waals surface area (Å²) in [5.41, 5.74) is 0.517. The van der Waals surface area contributed by atoms with E-state index in [-0.39, 0.29) is 18.7 Å². The van der Waals surface area contributed by atoms with E-state index in [0.29, 0.717) is 18.5 Å². The normalized spacial score (nSPS) is 19.8. The van der Waals surface area contributed by atoms with E-state index in [2.05, 4.69) is 5.32 Å². The number of halogens is 2. The van der Waals surface area contributed by atoms with Gasteiger partial charge >= 0.3 is 6.03 Å². The molecule has 1 aliphatic heterocycles. The summed E-state index contributed by atoms with van der Waals surface area (Å²) in [5, 5.41) is 11.9. The second kappa shape index (κ2) is 7.54. The van der Waals surface area contributed by atoms with Gasteiger partial charge in [-0.15, -0.1) is 0 Å². The average molecular weight is 312 g/mol. The number of amides is 2. The van der Waals surface area contributed by atoms with E-state index >= 15 is 0 Å². The number of aliphatic hydroxyl groups is 1. The van der Waals surface area contributed by atoms with Gasteiger partial charge in [-0.2, -0.15) is 0 Å². The van der Waals surface area contributed by atoms with Gasteiger partial charge in [-0.25, -0.2) is 13.6 Å². The van der Waals surface area contributed by atoms with Gasteiger partial charge in [0.15, 0.2) is 11.6 Å². The lowest BCUT2D eigenvalue weighted by Gasteiger charge is -2.36. The molecule has 0 aromatic heterocycles. The molecule has 0 bridgehead atoms. The number of carbonyl (C=O) groups is 1. The number of hydrogen-bond acceptors (Lipinski definition) is 2. The van der Waals surface area contributed by atoms with Crippen molar-refractivity contribution in [2.45, 2.75) is 44.7 Å². The Bertz CT molecular complexity index is 523. The maximum Gasteiger partial charge on any atom is 0.318 e. The van der Waals surface area contributed by atoms with Crippen LogP contribution in [0.1, 0.15) is 44.2 Å². The first-order chi connectivity index (χ1) is 10.5. The number of rotatable bonds is 4. The minimum absolute atomic E-state index is 0.0379. The zero-order chi connectivity index (χ0) is 16.1. The van der Waals surface area contributed by atoms with Crippen LogP contribution in [0, 0.1) is 11.6 Å². The first-order valence-corrected chi connectivity index (χ1v) is 7.66. The number of carbonyl (C=O) groups excluding carboxylic acids is 1. The van der Waals surface area contributed by atoms with Crippen molar-refractivity contribution < 1.29 is 18.7 Å². The predicted octanol–water partition coefficient (Wildman–Crippen LogP) is 2.97. The zero-order valence-corrected chi connectivity index (χ0v) is 12.7. The standard InChI is InChI=1S/C16H22F2N2O2/c1-11(12-5-6-14(17)15(18)10-12)19-16(22)20-8-3-2-4-13(20)7-9-21/h5-6,10-11,13,21H,2-4,7-9H2,1H3,(H,19,22)/t11-,13-/m0/s1. The fraction of sp³-hybridized carbons (Fsp3) is 0.562. The summed E-state index contributed by atoms with van der Waals surface area (Å²) >= 11 is 0. The topological polar surface area (TPSA) is 52.6 Å².